The van der Waals surface area contributed by atoms with Crippen molar-refractivity contribution >= 4 is 19.8 Å². The number of hydrogen-bond acceptors (Lipinski definition) is 14. The molecule has 0 amide bonds. The number of aliphatic hydroxyl groups excluding tert-OH is 7. The Labute approximate surface area is 364 Å². The van der Waals surface area contributed by atoms with Crippen molar-refractivity contribution in [2.75, 3.05) is 13.2 Å². The molecule has 10 atom stereocenters. The molecule has 15 nitrogen and oxygen atoms in total. The van der Waals surface area contributed by atoms with E-state index in [1.165, 1.54) is 25.7 Å². The minimum Gasteiger partial charge on any atom is -0.462 e. The molecule has 3 unspecified atom stereocenters. The van der Waals surface area contributed by atoms with E-state index >= 15 is 0 Å². The van der Waals surface area contributed by atoms with Crippen molar-refractivity contribution in [1.29, 1.82) is 0 Å². The first-order valence-electron chi connectivity index (χ1n) is 23.0. The zero-order valence-electron chi connectivity index (χ0n) is 36.9. The van der Waals surface area contributed by atoms with Gasteiger partial charge in [0.1, 0.15) is 43.2 Å². The second-order valence-corrected chi connectivity index (χ2v) is 17.6. The van der Waals surface area contributed by atoms with Gasteiger partial charge in [0.2, 0.25) is 0 Å². The Bertz CT molecular complexity index is 1250. The van der Waals surface area contributed by atoms with E-state index in [2.05, 4.69) is 38.2 Å². The lowest BCUT2D eigenvalue weighted by molar-refractivity contribution is -0.220. The molecule has 0 heterocycles. The minimum atomic E-state index is -5.16. The fraction of sp³-hybridized carbons (Fsp3) is 0.822. The zero-order chi connectivity index (χ0) is 45.3. The number of hydrogen-bond donors (Lipinski definition) is 8. The topological polar surface area (TPSA) is 250 Å². The molecular formula is C45H81O15P. The summed E-state index contributed by atoms with van der Waals surface area (Å²) in [5, 5.41) is 70.6. The number of rotatable bonds is 37. The maximum atomic E-state index is 12.8. The van der Waals surface area contributed by atoms with Crippen LogP contribution < -0.4 is 0 Å². The standard InChI is InChI=1S/C45H81O15P/c1-3-5-7-9-11-12-13-14-15-16-17-18-19-23-27-31-38(48)57-33-35(34-58-61(55,56)60-45-43(53)41(51)40(50)42(52)44(45)54)59-39(49)32-28-24-20-22-26-30-37(47)36(46)29-25-21-10-8-6-4-2/h11-12,14-15,21,25,35-37,40-47,50-54H,3-10,13,16-20,22-24,26-34H2,1-2H3,(H,55,56)/b12-11-,15-14-,25-21-/t35-,36+,37+,40?,41-,42+,43-,44-,45?/m1/s1. The predicted molar refractivity (Wildman–Crippen MR) is 233 cm³/mol. The van der Waals surface area contributed by atoms with Crippen molar-refractivity contribution in [3.63, 3.8) is 0 Å². The Morgan fingerprint density at radius 2 is 1.05 bits per heavy atom. The Kier molecular flexibility index (Phi) is 33.0. The molecule has 61 heavy (non-hydrogen) atoms. The summed E-state index contributed by atoms with van der Waals surface area (Å²) in [6.07, 6.45) is 17.8. The van der Waals surface area contributed by atoms with Crippen molar-refractivity contribution in [1.82, 2.24) is 0 Å². The van der Waals surface area contributed by atoms with E-state index < -0.39 is 87.9 Å². The lowest BCUT2D eigenvalue weighted by Crippen LogP contribution is -2.64. The number of allylic oxidation sites excluding steroid dienone is 5. The van der Waals surface area contributed by atoms with Gasteiger partial charge in [0.15, 0.2) is 6.10 Å². The van der Waals surface area contributed by atoms with Crippen LogP contribution in [0.1, 0.15) is 168 Å². The van der Waals surface area contributed by atoms with Gasteiger partial charge in [-0.3, -0.25) is 18.6 Å². The van der Waals surface area contributed by atoms with E-state index in [1.54, 1.807) is 0 Å². The molecule has 1 fully saturated rings. The molecule has 0 spiro atoms. The fourth-order valence-corrected chi connectivity index (χ4v) is 7.72. The largest absolute Gasteiger partial charge is 0.472 e. The Hall–Kier alpha value is -2.01. The van der Waals surface area contributed by atoms with Crippen molar-refractivity contribution in [2.24, 2.45) is 0 Å². The summed E-state index contributed by atoms with van der Waals surface area (Å²) in [6, 6.07) is 0. The van der Waals surface area contributed by atoms with E-state index in [9.17, 15) is 54.8 Å². The fourth-order valence-electron chi connectivity index (χ4n) is 6.75. The molecule has 1 rings (SSSR count). The second kappa shape index (κ2) is 35.4. The van der Waals surface area contributed by atoms with Gasteiger partial charge in [0.05, 0.1) is 18.8 Å². The van der Waals surface area contributed by atoms with Crippen LogP contribution in [-0.2, 0) is 32.7 Å². The lowest BCUT2D eigenvalue weighted by Gasteiger charge is -2.41. The summed E-state index contributed by atoms with van der Waals surface area (Å²) >= 11 is 0. The molecule has 1 saturated carbocycles. The first-order chi connectivity index (χ1) is 29.2. The highest BCUT2D eigenvalue weighted by atomic mass is 31.2. The summed E-state index contributed by atoms with van der Waals surface area (Å²) in [6.45, 7) is 3.06. The number of unbranched alkanes of at least 4 members (excludes halogenated alkanes) is 15. The first kappa shape index (κ1) is 57.0. The van der Waals surface area contributed by atoms with Crippen LogP contribution >= 0.6 is 7.82 Å². The van der Waals surface area contributed by atoms with Gasteiger partial charge in [0, 0.05) is 12.8 Å². The van der Waals surface area contributed by atoms with E-state index in [4.69, 9.17) is 18.5 Å². The number of ether oxygens (including phenoxy) is 2. The third kappa shape index (κ3) is 27.7. The summed E-state index contributed by atoms with van der Waals surface area (Å²) in [5.74, 6) is -1.23. The smallest absolute Gasteiger partial charge is 0.462 e. The molecule has 0 bridgehead atoms. The van der Waals surface area contributed by atoms with Crippen molar-refractivity contribution in [3.05, 3.63) is 36.5 Å². The monoisotopic (exact) mass is 893 g/mol. The molecule has 8 N–H and O–H groups in total. The molecule has 1 aliphatic carbocycles. The SMILES string of the molecule is CCCCC/C=C\C/C=C\CCCCCCCC(=O)OC[C@H](COP(=O)(O)OC1[C@H](O)[C@H](O)C(O)[C@H](O)[C@H]1O)OC(=O)CCCCCCC[C@H](O)[C@@H](O)C/C=C\CCCCC. The van der Waals surface area contributed by atoms with Gasteiger partial charge in [-0.15, -0.1) is 0 Å². The van der Waals surface area contributed by atoms with Crippen LogP contribution in [0.3, 0.4) is 0 Å². The molecule has 1 aliphatic rings. The highest BCUT2D eigenvalue weighted by molar-refractivity contribution is 7.47. The molecule has 0 saturated heterocycles. The Morgan fingerprint density at radius 3 is 1.62 bits per heavy atom. The van der Waals surface area contributed by atoms with Gasteiger partial charge in [0.25, 0.3) is 0 Å². The molecule has 356 valence electrons. The molecule has 0 aliphatic heterocycles. The van der Waals surface area contributed by atoms with Crippen LogP contribution in [0.25, 0.3) is 0 Å². The van der Waals surface area contributed by atoms with Crippen LogP contribution in [0, 0.1) is 0 Å². The van der Waals surface area contributed by atoms with Crippen LogP contribution in [-0.4, -0.2) is 121 Å². The molecule has 0 aromatic carbocycles. The number of aliphatic hydroxyl groups is 7. The van der Waals surface area contributed by atoms with Crippen LogP contribution in [0.15, 0.2) is 36.5 Å². The zero-order valence-corrected chi connectivity index (χ0v) is 37.8. The molecule has 0 radical (unpaired) electrons. The minimum absolute atomic E-state index is 0.00577. The van der Waals surface area contributed by atoms with Crippen LogP contribution in [0.4, 0.5) is 0 Å². The van der Waals surface area contributed by atoms with Gasteiger partial charge in [-0.2, -0.15) is 0 Å². The van der Waals surface area contributed by atoms with Crippen molar-refractivity contribution in [3.8, 4) is 0 Å². The predicted octanol–water partition coefficient (Wildman–Crippen LogP) is 6.55. The number of phosphoric acid groups is 1. The lowest BCUT2D eigenvalue weighted by atomic mass is 9.85. The normalized spacial score (nSPS) is 23.4. The number of esters is 2. The van der Waals surface area contributed by atoms with Gasteiger partial charge < -0.3 is 50.1 Å². The summed E-state index contributed by atoms with van der Waals surface area (Å²) in [5.41, 5.74) is 0. The molecule has 0 aromatic heterocycles. The van der Waals surface area contributed by atoms with E-state index in [0.29, 0.717) is 38.5 Å². The Morgan fingerprint density at radius 1 is 0.574 bits per heavy atom. The van der Waals surface area contributed by atoms with Crippen molar-refractivity contribution in [2.45, 2.75) is 223 Å². The number of carbonyl (C=O) groups excluding carboxylic acids is 2. The number of phosphoric ester groups is 1. The van der Waals surface area contributed by atoms with Gasteiger partial charge in [-0.05, 0) is 70.6 Å². The summed E-state index contributed by atoms with van der Waals surface area (Å²) < 4.78 is 33.4. The molecule has 16 heteroatoms. The van der Waals surface area contributed by atoms with E-state index in [-0.39, 0.29) is 12.8 Å². The summed E-state index contributed by atoms with van der Waals surface area (Å²) in [7, 11) is -5.16. The van der Waals surface area contributed by atoms with E-state index in [0.717, 1.165) is 77.0 Å². The molecule has 0 aromatic rings. The highest BCUT2D eigenvalue weighted by Gasteiger charge is 2.51. The third-order valence-electron chi connectivity index (χ3n) is 10.7. The highest BCUT2D eigenvalue weighted by Crippen LogP contribution is 2.47. The third-order valence-corrected chi connectivity index (χ3v) is 11.6. The average Bonchev–Trinajstić information content (AvgIpc) is 3.23. The quantitative estimate of drug-likeness (QED) is 0.0142. The van der Waals surface area contributed by atoms with Crippen molar-refractivity contribution < 1.29 is 73.3 Å². The molecular weight excluding hydrogens is 811 g/mol. The first-order valence-corrected chi connectivity index (χ1v) is 24.5. The maximum absolute atomic E-state index is 12.8. The van der Waals surface area contributed by atoms with Crippen LogP contribution in [0.5, 0.6) is 0 Å². The van der Waals surface area contributed by atoms with E-state index in [1.807, 2.05) is 12.2 Å². The van der Waals surface area contributed by atoms with Gasteiger partial charge in [-0.1, -0.05) is 121 Å². The van der Waals surface area contributed by atoms with Gasteiger partial charge in [-0.25, -0.2) is 4.57 Å². The summed E-state index contributed by atoms with van der Waals surface area (Å²) in [4.78, 5) is 35.7. The van der Waals surface area contributed by atoms with Gasteiger partial charge >= 0.3 is 19.8 Å². The second-order valence-electron chi connectivity index (χ2n) is 16.2. The maximum Gasteiger partial charge on any atom is 0.472 e. The Balaban J connectivity index is 2.53. The number of carbonyl (C=O) groups is 2. The average molecular weight is 893 g/mol. The van der Waals surface area contributed by atoms with Crippen LogP contribution in [0.2, 0.25) is 0 Å².